The number of nitrogens with zero attached hydrogens (tertiary/aromatic N) is 1. The monoisotopic (exact) mass is 241 g/mol. The van der Waals surface area contributed by atoms with Crippen LogP contribution in [0.15, 0.2) is 0 Å². The first kappa shape index (κ1) is 14.5. The normalized spacial score (nSPS) is 17.5. The van der Waals surface area contributed by atoms with Crippen molar-refractivity contribution < 1.29 is 4.79 Å². The van der Waals surface area contributed by atoms with E-state index in [4.69, 9.17) is 5.73 Å². The summed E-state index contributed by atoms with van der Waals surface area (Å²) in [5, 5.41) is 2.96. The molecule has 0 aliphatic heterocycles. The molecule has 0 aromatic rings. The molecule has 100 valence electrons. The third kappa shape index (κ3) is 5.50. The van der Waals surface area contributed by atoms with Crippen molar-refractivity contribution >= 4 is 5.91 Å². The molecule has 1 unspecified atom stereocenters. The SMILES string of the molecule is CC(C)CCNC(=O)CN(C)C(CN)C1CC1. The number of carbonyl (C=O) groups excluding carboxylic acids is 1. The molecule has 0 aromatic heterocycles. The number of rotatable bonds is 8. The number of likely N-dealkylation sites (N-methyl/N-ethyl adjacent to an activating group) is 1. The molecule has 0 saturated heterocycles. The van der Waals surface area contributed by atoms with E-state index in [9.17, 15) is 4.79 Å². The van der Waals surface area contributed by atoms with E-state index >= 15 is 0 Å². The molecule has 1 atom stereocenters. The predicted molar refractivity (Wildman–Crippen MR) is 70.7 cm³/mol. The summed E-state index contributed by atoms with van der Waals surface area (Å²) in [5.74, 6) is 1.47. The van der Waals surface area contributed by atoms with Crippen molar-refractivity contribution in [2.75, 3.05) is 26.7 Å². The van der Waals surface area contributed by atoms with Crippen molar-refractivity contribution in [3.63, 3.8) is 0 Å². The van der Waals surface area contributed by atoms with Crippen molar-refractivity contribution in [1.29, 1.82) is 0 Å². The van der Waals surface area contributed by atoms with Crippen molar-refractivity contribution in [2.24, 2.45) is 17.6 Å². The van der Waals surface area contributed by atoms with Crippen LogP contribution in [-0.4, -0.2) is 43.5 Å². The molecule has 1 aliphatic rings. The van der Waals surface area contributed by atoms with Gasteiger partial charge in [0.1, 0.15) is 0 Å². The Kier molecular flexibility index (Phi) is 5.92. The maximum atomic E-state index is 11.7. The van der Waals surface area contributed by atoms with Crippen LogP contribution in [0.4, 0.5) is 0 Å². The number of nitrogens with two attached hydrogens (primary N) is 1. The lowest BCUT2D eigenvalue weighted by atomic mass is 10.1. The van der Waals surface area contributed by atoms with Crippen LogP contribution >= 0.6 is 0 Å². The first-order chi connectivity index (χ1) is 8.04. The lowest BCUT2D eigenvalue weighted by Gasteiger charge is -2.26. The molecule has 0 spiro atoms. The van der Waals surface area contributed by atoms with E-state index in [-0.39, 0.29) is 5.91 Å². The summed E-state index contributed by atoms with van der Waals surface area (Å²) < 4.78 is 0. The topological polar surface area (TPSA) is 58.4 Å². The van der Waals surface area contributed by atoms with Crippen LogP contribution in [0.1, 0.15) is 33.1 Å². The Bertz CT molecular complexity index is 239. The number of hydrogen-bond acceptors (Lipinski definition) is 3. The van der Waals surface area contributed by atoms with Gasteiger partial charge in [0.25, 0.3) is 0 Å². The van der Waals surface area contributed by atoms with Gasteiger partial charge in [0.15, 0.2) is 0 Å². The van der Waals surface area contributed by atoms with E-state index in [0.717, 1.165) is 13.0 Å². The van der Waals surface area contributed by atoms with Gasteiger partial charge in [-0.2, -0.15) is 0 Å². The quantitative estimate of drug-likeness (QED) is 0.661. The molecule has 0 bridgehead atoms. The first-order valence-electron chi connectivity index (χ1n) is 6.71. The Morgan fingerprint density at radius 2 is 2.12 bits per heavy atom. The zero-order valence-corrected chi connectivity index (χ0v) is 11.4. The average molecular weight is 241 g/mol. The molecule has 0 radical (unpaired) electrons. The molecule has 1 aliphatic carbocycles. The Balaban J connectivity index is 2.19. The van der Waals surface area contributed by atoms with Gasteiger partial charge in [-0.15, -0.1) is 0 Å². The molecular weight excluding hydrogens is 214 g/mol. The summed E-state index contributed by atoms with van der Waals surface area (Å²) >= 11 is 0. The second-order valence-electron chi connectivity index (χ2n) is 5.59. The summed E-state index contributed by atoms with van der Waals surface area (Å²) in [6.07, 6.45) is 3.57. The van der Waals surface area contributed by atoms with Crippen LogP contribution in [-0.2, 0) is 4.79 Å². The van der Waals surface area contributed by atoms with Gasteiger partial charge in [-0.1, -0.05) is 13.8 Å². The molecular formula is C13H27N3O. The van der Waals surface area contributed by atoms with Crippen LogP contribution in [0.25, 0.3) is 0 Å². The highest BCUT2D eigenvalue weighted by Crippen LogP contribution is 2.34. The fraction of sp³-hybridized carbons (Fsp3) is 0.923. The van der Waals surface area contributed by atoms with Crippen LogP contribution in [0.5, 0.6) is 0 Å². The maximum absolute atomic E-state index is 11.7. The third-order valence-electron chi connectivity index (χ3n) is 3.41. The molecule has 4 nitrogen and oxygen atoms in total. The molecule has 3 N–H and O–H groups in total. The van der Waals surface area contributed by atoms with Crippen LogP contribution in [0.2, 0.25) is 0 Å². The van der Waals surface area contributed by atoms with Gasteiger partial charge < -0.3 is 11.1 Å². The second kappa shape index (κ2) is 6.97. The molecule has 0 heterocycles. The summed E-state index contributed by atoms with van der Waals surface area (Å²) in [5.41, 5.74) is 5.76. The molecule has 1 saturated carbocycles. The predicted octanol–water partition coefficient (Wildman–Crippen LogP) is 0.818. The Labute approximate surface area is 105 Å². The van der Waals surface area contributed by atoms with Gasteiger partial charge in [-0.3, -0.25) is 9.69 Å². The van der Waals surface area contributed by atoms with Crippen LogP contribution in [0.3, 0.4) is 0 Å². The van der Waals surface area contributed by atoms with Crippen molar-refractivity contribution in [3.8, 4) is 0 Å². The lowest BCUT2D eigenvalue weighted by Crippen LogP contribution is -2.45. The van der Waals surface area contributed by atoms with Crippen LogP contribution < -0.4 is 11.1 Å². The largest absolute Gasteiger partial charge is 0.355 e. The second-order valence-corrected chi connectivity index (χ2v) is 5.59. The van der Waals surface area contributed by atoms with E-state index in [2.05, 4.69) is 24.1 Å². The number of hydrogen-bond donors (Lipinski definition) is 2. The highest BCUT2D eigenvalue weighted by Gasteiger charge is 2.33. The summed E-state index contributed by atoms with van der Waals surface area (Å²) in [7, 11) is 2.00. The van der Waals surface area contributed by atoms with Crippen LogP contribution in [0, 0.1) is 11.8 Å². The van der Waals surface area contributed by atoms with E-state index in [1.807, 2.05) is 7.05 Å². The summed E-state index contributed by atoms with van der Waals surface area (Å²) in [4.78, 5) is 13.8. The smallest absolute Gasteiger partial charge is 0.234 e. The Hall–Kier alpha value is -0.610. The van der Waals surface area contributed by atoms with E-state index < -0.39 is 0 Å². The average Bonchev–Trinajstić information content (AvgIpc) is 3.02. The third-order valence-corrected chi connectivity index (χ3v) is 3.41. The van der Waals surface area contributed by atoms with E-state index in [1.165, 1.54) is 12.8 Å². The molecule has 17 heavy (non-hydrogen) atoms. The van der Waals surface area contributed by atoms with E-state index in [0.29, 0.717) is 31.0 Å². The molecule has 1 amide bonds. The van der Waals surface area contributed by atoms with E-state index in [1.54, 1.807) is 0 Å². The van der Waals surface area contributed by atoms with Crippen molar-refractivity contribution in [2.45, 2.75) is 39.2 Å². The first-order valence-corrected chi connectivity index (χ1v) is 6.71. The van der Waals surface area contributed by atoms with Gasteiger partial charge in [-0.05, 0) is 38.1 Å². The molecule has 4 heteroatoms. The highest BCUT2D eigenvalue weighted by molar-refractivity contribution is 5.77. The Morgan fingerprint density at radius 3 is 2.59 bits per heavy atom. The van der Waals surface area contributed by atoms with Gasteiger partial charge in [0, 0.05) is 19.1 Å². The highest BCUT2D eigenvalue weighted by atomic mass is 16.2. The van der Waals surface area contributed by atoms with Gasteiger partial charge in [0.2, 0.25) is 5.91 Å². The van der Waals surface area contributed by atoms with Gasteiger partial charge in [0.05, 0.1) is 6.54 Å². The number of nitrogens with one attached hydrogen (secondary N) is 1. The van der Waals surface area contributed by atoms with Crippen molar-refractivity contribution in [3.05, 3.63) is 0 Å². The minimum atomic E-state index is 0.118. The standard InChI is InChI=1S/C13H27N3O/c1-10(2)6-7-15-13(17)9-16(3)12(8-14)11-4-5-11/h10-12H,4-9,14H2,1-3H3,(H,15,17). The Morgan fingerprint density at radius 1 is 1.47 bits per heavy atom. The minimum Gasteiger partial charge on any atom is -0.355 e. The van der Waals surface area contributed by atoms with Gasteiger partial charge >= 0.3 is 0 Å². The fourth-order valence-electron chi connectivity index (χ4n) is 2.11. The zero-order chi connectivity index (χ0) is 12.8. The summed E-state index contributed by atoms with van der Waals surface area (Å²) in [6, 6.07) is 0.380. The lowest BCUT2D eigenvalue weighted by molar-refractivity contribution is -0.122. The number of carbonyl (C=O) groups is 1. The fourth-order valence-corrected chi connectivity index (χ4v) is 2.11. The molecule has 0 aromatic carbocycles. The zero-order valence-electron chi connectivity index (χ0n) is 11.4. The molecule has 1 fully saturated rings. The maximum Gasteiger partial charge on any atom is 0.234 e. The summed E-state index contributed by atoms with van der Waals surface area (Å²) in [6.45, 7) is 6.23. The number of amides is 1. The van der Waals surface area contributed by atoms with Crippen molar-refractivity contribution in [1.82, 2.24) is 10.2 Å². The van der Waals surface area contributed by atoms with Gasteiger partial charge in [-0.25, -0.2) is 0 Å². The minimum absolute atomic E-state index is 0.118. The molecule has 1 rings (SSSR count).